The van der Waals surface area contributed by atoms with Crippen molar-refractivity contribution < 1.29 is 23.1 Å². The van der Waals surface area contributed by atoms with Gasteiger partial charge in [-0.25, -0.2) is 4.39 Å². The molecular weight excluding hydrogens is 361 g/mol. The van der Waals surface area contributed by atoms with Crippen LogP contribution in [0.15, 0.2) is 52.9 Å². The van der Waals surface area contributed by atoms with Crippen molar-refractivity contribution in [2.45, 2.75) is 13.0 Å². The Labute approximate surface area is 162 Å². The molecule has 1 amide bonds. The Morgan fingerprint density at radius 3 is 2.50 bits per heavy atom. The summed E-state index contributed by atoms with van der Waals surface area (Å²) in [5, 5.41) is 0. The molecule has 0 aliphatic carbocycles. The Morgan fingerprint density at radius 2 is 1.79 bits per heavy atom. The molecular formula is C22H20FNO4. The molecule has 3 aromatic rings. The van der Waals surface area contributed by atoms with Gasteiger partial charge in [-0.2, -0.15) is 0 Å². The molecule has 6 heteroatoms. The number of hydrogen-bond donors (Lipinski definition) is 0. The molecule has 0 N–H and O–H groups in total. The van der Waals surface area contributed by atoms with E-state index in [0.29, 0.717) is 35.9 Å². The standard InChI is InChI=1S/C22H20FNO4/c1-26-20-11-14-8-9-24(13-16(14)12-21(20)27-2)22(25)19-7-6-18(28-19)15-4-3-5-17(23)10-15/h3-7,10-12H,8-9,13H2,1-2H3. The molecule has 0 unspecified atom stereocenters. The van der Waals surface area contributed by atoms with Gasteiger partial charge in [0.25, 0.3) is 5.91 Å². The topological polar surface area (TPSA) is 51.9 Å². The molecule has 0 bridgehead atoms. The lowest BCUT2D eigenvalue weighted by Gasteiger charge is -2.29. The summed E-state index contributed by atoms with van der Waals surface area (Å²) >= 11 is 0. The molecule has 1 aromatic heterocycles. The second kappa shape index (κ2) is 7.38. The van der Waals surface area contributed by atoms with E-state index in [-0.39, 0.29) is 17.5 Å². The number of carbonyl (C=O) groups excluding carboxylic acids is 1. The normalized spacial score (nSPS) is 13.2. The molecule has 0 atom stereocenters. The van der Waals surface area contributed by atoms with Crippen molar-refractivity contribution in [3.8, 4) is 22.8 Å². The third-order valence-corrected chi connectivity index (χ3v) is 4.93. The van der Waals surface area contributed by atoms with E-state index >= 15 is 0 Å². The summed E-state index contributed by atoms with van der Waals surface area (Å²) in [4.78, 5) is 14.6. The first kappa shape index (κ1) is 18.1. The van der Waals surface area contributed by atoms with Gasteiger partial charge in [0.05, 0.1) is 14.2 Å². The number of furan rings is 1. The third-order valence-electron chi connectivity index (χ3n) is 4.93. The van der Waals surface area contributed by atoms with E-state index in [2.05, 4.69) is 0 Å². The number of methoxy groups -OCH3 is 2. The van der Waals surface area contributed by atoms with E-state index in [4.69, 9.17) is 13.9 Å². The third kappa shape index (κ3) is 3.33. The van der Waals surface area contributed by atoms with Crippen molar-refractivity contribution >= 4 is 5.91 Å². The Balaban J connectivity index is 1.55. The number of ether oxygens (including phenoxy) is 2. The van der Waals surface area contributed by atoms with Gasteiger partial charge in [-0.1, -0.05) is 12.1 Å². The molecule has 0 saturated carbocycles. The molecule has 0 saturated heterocycles. The quantitative estimate of drug-likeness (QED) is 0.676. The zero-order valence-corrected chi connectivity index (χ0v) is 15.7. The molecule has 2 aromatic carbocycles. The van der Waals surface area contributed by atoms with E-state index in [0.717, 1.165) is 17.5 Å². The summed E-state index contributed by atoms with van der Waals surface area (Å²) in [6.07, 6.45) is 0.721. The van der Waals surface area contributed by atoms with Gasteiger partial charge in [0.15, 0.2) is 17.3 Å². The van der Waals surface area contributed by atoms with Gasteiger partial charge in [0.1, 0.15) is 11.6 Å². The van der Waals surface area contributed by atoms with Crippen LogP contribution in [-0.4, -0.2) is 31.6 Å². The minimum atomic E-state index is -0.348. The first-order chi connectivity index (χ1) is 13.6. The van der Waals surface area contributed by atoms with Gasteiger partial charge in [0, 0.05) is 18.7 Å². The molecule has 2 heterocycles. The fraction of sp³-hybridized carbons (Fsp3) is 0.227. The van der Waals surface area contributed by atoms with Crippen LogP contribution in [0.1, 0.15) is 21.7 Å². The molecule has 0 radical (unpaired) electrons. The van der Waals surface area contributed by atoms with Gasteiger partial charge in [-0.05, 0) is 53.9 Å². The van der Waals surface area contributed by atoms with Crippen LogP contribution in [0.5, 0.6) is 11.5 Å². The molecule has 4 rings (SSSR count). The van der Waals surface area contributed by atoms with Crippen molar-refractivity contribution in [1.82, 2.24) is 4.90 Å². The van der Waals surface area contributed by atoms with E-state index in [9.17, 15) is 9.18 Å². The van der Waals surface area contributed by atoms with Gasteiger partial charge in [-0.3, -0.25) is 4.79 Å². The highest BCUT2D eigenvalue weighted by molar-refractivity contribution is 5.92. The zero-order valence-electron chi connectivity index (χ0n) is 15.7. The highest BCUT2D eigenvalue weighted by Crippen LogP contribution is 2.34. The zero-order chi connectivity index (χ0) is 19.7. The highest BCUT2D eigenvalue weighted by atomic mass is 19.1. The average molecular weight is 381 g/mol. The SMILES string of the molecule is COc1cc2c(cc1OC)CN(C(=O)c1ccc(-c3cccc(F)c3)o1)CC2. The van der Waals surface area contributed by atoms with Gasteiger partial charge >= 0.3 is 0 Å². The van der Waals surface area contributed by atoms with Crippen LogP contribution in [0.25, 0.3) is 11.3 Å². The first-order valence-corrected chi connectivity index (χ1v) is 8.98. The Bertz CT molecular complexity index is 1030. The predicted molar refractivity (Wildman–Crippen MR) is 102 cm³/mol. The summed E-state index contributed by atoms with van der Waals surface area (Å²) < 4.78 is 29.9. The molecule has 1 aliphatic rings. The second-order valence-electron chi connectivity index (χ2n) is 6.63. The van der Waals surface area contributed by atoms with Crippen LogP contribution in [0.3, 0.4) is 0 Å². The van der Waals surface area contributed by atoms with E-state index in [1.54, 1.807) is 43.4 Å². The number of amides is 1. The average Bonchev–Trinajstić information content (AvgIpc) is 3.22. The van der Waals surface area contributed by atoms with Crippen LogP contribution in [0.2, 0.25) is 0 Å². The van der Waals surface area contributed by atoms with Crippen LogP contribution in [0, 0.1) is 5.82 Å². The molecule has 28 heavy (non-hydrogen) atoms. The van der Waals surface area contributed by atoms with Crippen molar-refractivity contribution in [3.63, 3.8) is 0 Å². The fourth-order valence-corrected chi connectivity index (χ4v) is 3.46. The predicted octanol–water partition coefficient (Wildman–Crippen LogP) is 4.30. The first-order valence-electron chi connectivity index (χ1n) is 8.98. The summed E-state index contributed by atoms with van der Waals surface area (Å²) in [7, 11) is 3.20. The van der Waals surface area contributed by atoms with Gasteiger partial charge < -0.3 is 18.8 Å². The molecule has 1 aliphatic heterocycles. The molecule has 0 spiro atoms. The van der Waals surface area contributed by atoms with E-state index < -0.39 is 0 Å². The number of halogens is 1. The van der Waals surface area contributed by atoms with Crippen molar-refractivity contribution in [3.05, 3.63) is 71.2 Å². The smallest absolute Gasteiger partial charge is 0.289 e. The molecule has 0 fully saturated rings. The summed E-state index contributed by atoms with van der Waals surface area (Å²) in [6, 6.07) is 13.3. The summed E-state index contributed by atoms with van der Waals surface area (Å²) in [5.74, 6) is 1.49. The van der Waals surface area contributed by atoms with Crippen LogP contribution >= 0.6 is 0 Å². The Morgan fingerprint density at radius 1 is 1.04 bits per heavy atom. The number of benzene rings is 2. The molecule has 5 nitrogen and oxygen atoms in total. The van der Waals surface area contributed by atoms with E-state index in [1.165, 1.54) is 12.1 Å². The lowest BCUT2D eigenvalue weighted by Crippen LogP contribution is -2.35. The highest BCUT2D eigenvalue weighted by Gasteiger charge is 2.25. The number of rotatable bonds is 4. The number of nitrogens with zero attached hydrogens (tertiary/aromatic N) is 1. The minimum absolute atomic E-state index is 0.192. The lowest BCUT2D eigenvalue weighted by molar-refractivity contribution is 0.0703. The maximum Gasteiger partial charge on any atom is 0.289 e. The summed E-state index contributed by atoms with van der Waals surface area (Å²) in [5.41, 5.74) is 2.76. The maximum atomic E-state index is 13.4. The fourth-order valence-electron chi connectivity index (χ4n) is 3.46. The van der Waals surface area contributed by atoms with Crippen molar-refractivity contribution in [2.24, 2.45) is 0 Å². The van der Waals surface area contributed by atoms with Crippen LogP contribution in [0.4, 0.5) is 4.39 Å². The van der Waals surface area contributed by atoms with Crippen LogP contribution < -0.4 is 9.47 Å². The Hall–Kier alpha value is -3.28. The maximum absolute atomic E-state index is 13.4. The van der Waals surface area contributed by atoms with Crippen molar-refractivity contribution in [1.29, 1.82) is 0 Å². The summed E-state index contributed by atoms with van der Waals surface area (Å²) in [6.45, 7) is 1.04. The number of carbonyl (C=O) groups is 1. The monoisotopic (exact) mass is 381 g/mol. The van der Waals surface area contributed by atoms with Gasteiger partial charge in [0.2, 0.25) is 0 Å². The van der Waals surface area contributed by atoms with Crippen LogP contribution in [-0.2, 0) is 13.0 Å². The minimum Gasteiger partial charge on any atom is -0.493 e. The largest absolute Gasteiger partial charge is 0.493 e. The Kier molecular flexibility index (Phi) is 4.77. The lowest BCUT2D eigenvalue weighted by atomic mass is 9.98. The van der Waals surface area contributed by atoms with E-state index in [1.807, 2.05) is 12.1 Å². The second-order valence-corrected chi connectivity index (χ2v) is 6.63. The van der Waals surface area contributed by atoms with Crippen molar-refractivity contribution in [2.75, 3.05) is 20.8 Å². The molecule has 144 valence electrons. The number of fused-ring (bicyclic) bond motifs is 1. The number of hydrogen-bond acceptors (Lipinski definition) is 4. The van der Waals surface area contributed by atoms with Gasteiger partial charge in [-0.15, -0.1) is 0 Å².